The van der Waals surface area contributed by atoms with Crippen molar-refractivity contribution in [2.24, 2.45) is 0 Å². The third-order valence-corrected chi connectivity index (χ3v) is 4.20. The normalized spacial score (nSPS) is 14.2. The number of carbonyl (C=O) groups is 1. The second-order valence-corrected chi connectivity index (χ2v) is 5.83. The number of benzene rings is 1. The van der Waals surface area contributed by atoms with E-state index in [-0.39, 0.29) is 5.91 Å². The summed E-state index contributed by atoms with van der Waals surface area (Å²) in [4.78, 5) is 19.1. The lowest BCUT2D eigenvalue weighted by Gasteiger charge is -2.29. The Balaban J connectivity index is 1.59. The highest BCUT2D eigenvalue weighted by Gasteiger charge is 2.19. The van der Waals surface area contributed by atoms with Gasteiger partial charge < -0.3 is 19.7 Å². The van der Waals surface area contributed by atoms with Crippen LogP contribution in [0.3, 0.4) is 0 Å². The van der Waals surface area contributed by atoms with Gasteiger partial charge in [-0.15, -0.1) is 0 Å². The topological polar surface area (TPSA) is 63.7 Å². The van der Waals surface area contributed by atoms with E-state index in [1.165, 1.54) is 0 Å². The number of hydrogen-bond donors (Lipinski definition) is 1. The molecular weight excluding hydrogens is 318 g/mol. The standard InChI is InChI=1S/C19H23N3O3/c1-24-16-6-4-15(5-7-16)8-10-21-19(23)17-3-2-9-20-18(17)22-11-13-25-14-12-22/h2-7,9H,8,10-14H2,1H3,(H,21,23). The maximum atomic E-state index is 12.6. The third kappa shape index (κ3) is 4.48. The Kier molecular flexibility index (Phi) is 5.85. The molecule has 1 amide bonds. The highest BCUT2D eigenvalue weighted by Crippen LogP contribution is 2.18. The molecule has 6 nitrogen and oxygen atoms in total. The zero-order valence-electron chi connectivity index (χ0n) is 14.4. The molecule has 1 aromatic carbocycles. The largest absolute Gasteiger partial charge is 0.497 e. The number of pyridine rings is 1. The van der Waals surface area contributed by atoms with Crippen LogP contribution in [-0.2, 0) is 11.2 Å². The van der Waals surface area contributed by atoms with Crippen molar-refractivity contribution in [2.75, 3.05) is 44.9 Å². The number of anilines is 1. The number of carbonyl (C=O) groups excluding carboxylic acids is 1. The van der Waals surface area contributed by atoms with Crippen LogP contribution < -0.4 is 15.0 Å². The minimum Gasteiger partial charge on any atom is -0.497 e. The SMILES string of the molecule is COc1ccc(CCNC(=O)c2cccnc2N2CCOCC2)cc1. The maximum Gasteiger partial charge on any atom is 0.255 e. The van der Waals surface area contributed by atoms with E-state index in [0.29, 0.717) is 25.3 Å². The summed E-state index contributed by atoms with van der Waals surface area (Å²) in [6.07, 6.45) is 2.49. The van der Waals surface area contributed by atoms with Crippen molar-refractivity contribution in [3.05, 3.63) is 53.7 Å². The minimum atomic E-state index is -0.0943. The summed E-state index contributed by atoms with van der Waals surface area (Å²) in [5, 5.41) is 2.99. The van der Waals surface area contributed by atoms with Gasteiger partial charge in [-0.05, 0) is 36.2 Å². The predicted octanol–water partition coefficient (Wildman–Crippen LogP) is 1.90. The second-order valence-electron chi connectivity index (χ2n) is 5.83. The molecule has 1 fully saturated rings. The lowest BCUT2D eigenvalue weighted by molar-refractivity contribution is 0.0952. The van der Waals surface area contributed by atoms with Gasteiger partial charge in [0.25, 0.3) is 5.91 Å². The average molecular weight is 341 g/mol. The molecule has 0 saturated carbocycles. The summed E-state index contributed by atoms with van der Waals surface area (Å²) in [6, 6.07) is 11.5. The Morgan fingerprint density at radius 1 is 1.24 bits per heavy atom. The molecule has 0 bridgehead atoms. The van der Waals surface area contributed by atoms with Crippen LogP contribution in [0.2, 0.25) is 0 Å². The van der Waals surface area contributed by atoms with E-state index in [1.54, 1.807) is 19.4 Å². The lowest BCUT2D eigenvalue weighted by atomic mass is 10.1. The summed E-state index contributed by atoms with van der Waals surface area (Å²) in [5.41, 5.74) is 1.76. The van der Waals surface area contributed by atoms with Crippen molar-refractivity contribution in [1.82, 2.24) is 10.3 Å². The van der Waals surface area contributed by atoms with Gasteiger partial charge in [-0.25, -0.2) is 4.98 Å². The van der Waals surface area contributed by atoms with E-state index in [9.17, 15) is 4.79 Å². The highest BCUT2D eigenvalue weighted by molar-refractivity contribution is 5.98. The van der Waals surface area contributed by atoms with Crippen molar-refractivity contribution < 1.29 is 14.3 Å². The van der Waals surface area contributed by atoms with Crippen molar-refractivity contribution in [3.63, 3.8) is 0 Å². The quantitative estimate of drug-likeness (QED) is 0.869. The van der Waals surface area contributed by atoms with Crippen molar-refractivity contribution in [3.8, 4) is 5.75 Å². The van der Waals surface area contributed by atoms with Gasteiger partial charge >= 0.3 is 0 Å². The molecule has 1 N–H and O–H groups in total. The molecule has 0 spiro atoms. The van der Waals surface area contributed by atoms with E-state index in [0.717, 1.165) is 36.6 Å². The smallest absolute Gasteiger partial charge is 0.255 e. The fourth-order valence-electron chi connectivity index (χ4n) is 2.81. The van der Waals surface area contributed by atoms with Gasteiger partial charge in [-0.2, -0.15) is 0 Å². The van der Waals surface area contributed by atoms with Gasteiger partial charge in [0.05, 0.1) is 25.9 Å². The molecule has 0 aliphatic carbocycles. The molecule has 2 heterocycles. The number of rotatable bonds is 6. The van der Waals surface area contributed by atoms with Gasteiger partial charge in [0.1, 0.15) is 11.6 Å². The molecule has 1 saturated heterocycles. The predicted molar refractivity (Wildman–Crippen MR) is 96.3 cm³/mol. The Labute approximate surface area is 147 Å². The Hall–Kier alpha value is -2.60. The summed E-state index contributed by atoms with van der Waals surface area (Å²) in [7, 11) is 1.65. The van der Waals surface area contributed by atoms with Crippen LogP contribution in [0.15, 0.2) is 42.6 Å². The minimum absolute atomic E-state index is 0.0943. The van der Waals surface area contributed by atoms with E-state index in [1.807, 2.05) is 30.3 Å². The first-order valence-electron chi connectivity index (χ1n) is 8.47. The van der Waals surface area contributed by atoms with E-state index in [4.69, 9.17) is 9.47 Å². The molecular formula is C19H23N3O3. The zero-order valence-corrected chi connectivity index (χ0v) is 14.4. The van der Waals surface area contributed by atoms with Gasteiger partial charge in [-0.1, -0.05) is 12.1 Å². The number of morpholine rings is 1. The number of nitrogens with zero attached hydrogens (tertiary/aromatic N) is 2. The summed E-state index contributed by atoms with van der Waals surface area (Å²) in [5.74, 6) is 1.47. The summed E-state index contributed by atoms with van der Waals surface area (Å²) >= 11 is 0. The Bertz CT molecular complexity index is 697. The number of hydrogen-bond acceptors (Lipinski definition) is 5. The van der Waals surface area contributed by atoms with Gasteiger partial charge in [0, 0.05) is 25.8 Å². The fourth-order valence-corrected chi connectivity index (χ4v) is 2.81. The highest BCUT2D eigenvalue weighted by atomic mass is 16.5. The van der Waals surface area contributed by atoms with E-state index >= 15 is 0 Å². The molecule has 3 rings (SSSR count). The maximum absolute atomic E-state index is 12.6. The van der Waals surface area contributed by atoms with Crippen LogP contribution in [0.25, 0.3) is 0 Å². The Morgan fingerprint density at radius 3 is 2.72 bits per heavy atom. The molecule has 1 aromatic heterocycles. The lowest BCUT2D eigenvalue weighted by Crippen LogP contribution is -2.38. The van der Waals surface area contributed by atoms with Crippen molar-refractivity contribution >= 4 is 11.7 Å². The van der Waals surface area contributed by atoms with Crippen LogP contribution in [0.5, 0.6) is 5.75 Å². The monoisotopic (exact) mass is 341 g/mol. The number of aromatic nitrogens is 1. The molecule has 132 valence electrons. The van der Waals surface area contributed by atoms with Gasteiger partial charge in [0.15, 0.2) is 0 Å². The third-order valence-electron chi connectivity index (χ3n) is 4.20. The molecule has 0 radical (unpaired) electrons. The summed E-state index contributed by atoms with van der Waals surface area (Å²) < 4.78 is 10.5. The van der Waals surface area contributed by atoms with Crippen LogP contribution >= 0.6 is 0 Å². The van der Waals surface area contributed by atoms with Crippen molar-refractivity contribution in [2.45, 2.75) is 6.42 Å². The van der Waals surface area contributed by atoms with Crippen LogP contribution in [0, 0.1) is 0 Å². The molecule has 1 aliphatic heterocycles. The fraction of sp³-hybridized carbons (Fsp3) is 0.368. The number of nitrogens with one attached hydrogen (secondary N) is 1. The zero-order chi connectivity index (χ0) is 17.5. The number of amides is 1. The summed E-state index contributed by atoms with van der Waals surface area (Å²) in [6.45, 7) is 3.40. The molecule has 0 atom stereocenters. The van der Waals surface area contributed by atoms with E-state index in [2.05, 4.69) is 15.2 Å². The van der Waals surface area contributed by atoms with E-state index < -0.39 is 0 Å². The number of methoxy groups -OCH3 is 1. The molecule has 2 aromatic rings. The number of ether oxygens (including phenoxy) is 2. The first-order valence-corrected chi connectivity index (χ1v) is 8.47. The van der Waals surface area contributed by atoms with Gasteiger partial charge in [-0.3, -0.25) is 4.79 Å². The van der Waals surface area contributed by atoms with Gasteiger partial charge in [0.2, 0.25) is 0 Å². The molecule has 25 heavy (non-hydrogen) atoms. The van der Waals surface area contributed by atoms with Crippen LogP contribution in [0.1, 0.15) is 15.9 Å². The second kappa shape index (κ2) is 8.48. The first-order chi connectivity index (χ1) is 12.3. The average Bonchev–Trinajstić information content (AvgIpc) is 2.69. The molecule has 0 unspecified atom stereocenters. The Morgan fingerprint density at radius 2 is 2.00 bits per heavy atom. The van der Waals surface area contributed by atoms with Crippen molar-refractivity contribution in [1.29, 1.82) is 0 Å². The van der Waals surface area contributed by atoms with Crippen LogP contribution in [-0.4, -0.2) is 50.8 Å². The molecule has 6 heteroatoms. The van der Waals surface area contributed by atoms with Crippen LogP contribution in [0.4, 0.5) is 5.82 Å². The first kappa shape index (κ1) is 17.2. The molecule has 1 aliphatic rings.